The van der Waals surface area contributed by atoms with E-state index in [4.69, 9.17) is 37.9 Å². The number of carbonyl (C=O) groups excluding carboxylic acids is 4. The number of carboxylic acids is 1. The zero-order valence-electron chi connectivity index (χ0n) is 61.8. The largest absolute Gasteiger partial charge is 0.491 e. The molecule has 7 N–H and O–H groups in total. The number of aliphatic hydroxyl groups is 2. The zero-order valence-corrected chi connectivity index (χ0v) is 61.8. The van der Waals surface area contributed by atoms with E-state index < -0.39 is 59.8 Å². The average molecular weight is 1510 g/mol. The first-order valence-corrected chi connectivity index (χ1v) is 37.1. The van der Waals surface area contributed by atoms with Crippen LogP contribution < -0.4 is 40.2 Å². The molecule has 12 aromatic carbocycles. The third-order valence-corrected chi connectivity index (χ3v) is 20.0. The smallest absolute Gasteiger partial charge is 0.411 e. The number of aliphatic hydroxyl groups excluding tert-OH is 2. The van der Waals surface area contributed by atoms with Crippen molar-refractivity contribution in [3.05, 3.63) is 358 Å². The van der Waals surface area contributed by atoms with Gasteiger partial charge in [-0.1, -0.05) is 194 Å². The molecular formula is C93H82N4O16. The van der Waals surface area contributed by atoms with Gasteiger partial charge in [0, 0.05) is 22.7 Å². The van der Waals surface area contributed by atoms with Gasteiger partial charge in [0.25, 0.3) is 0 Å². The minimum Gasteiger partial charge on any atom is -0.491 e. The molecule has 20 nitrogen and oxygen atoms in total. The predicted octanol–water partition coefficient (Wildman–Crippen LogP) is 17.5. The highest BCUT2D eigenvalue weighted by Gasteiger charge is 2.48. The molecule has 0 spiro atoms. The van der Waals surface area contributed by atoms with Gasteiger partial charge in [0.2, 0.25) is 0 Å². The van der Waals surface area contributed by atoms with Crippen molar-refractivity contribution >= 4 is 53.1 Å². The summed E-state index contributed by atoms with van der Waals surface area (Å²) < 4.78 is 45.4. The van der Waals surface area contributed by atoms with Crippen LogP contribution in [0.4, 0.5) is 41.9 Å². The number of amides is 4. The molecule has 0 unspecified atom stereocenters. The molecular weight excluding hydrogens is 1430 g/mol. The van der Waals surface area contributed by atoms with Gasteiger partial charge in [-0.25, -0.2) is 19.2 Å². The van der Waals surface area contributed by atoms with E-state index in [0.717, 1.165) is 89.0 Å². The van der Waals surface area contributed by atoms with Crippen molar-refractivity contribution in [2.75, 3.05) is 87.3 Å². The molecule has 12 aromatic rings. The highest BCUT2D eigenvalue weighted by atomic mass is 16.6. The number of ether oxygens (including phenoxy) is 8. The molecule has 4 amide bonds. The monoisotopic (exact) mass is 1510 g/mol. The number of rotatable bonds is 31. The van der Waals surface area contributed by atoms with Crippen LogP contribution in [0.2, 0.25) is 0 Å². The summed E-state index contributed by atoms with van der Waals surface area (Å²) in [5.74, 6) is 1.18. The summed E-state index contributed by atoms with van der Waals surface area (Å²) >= 11 is 0. The minimum absolute atomic E-state index is 0.0233. The number of aliphatic carboxylic acids is 1. The minimum atomic E-state index is -1.83. The molecule has 2 aliphatic carbocycles. The van der Waals surface area contributed by atoms with Crippen LogP contribution in [-0.2, 0) is 47.4 Å². The lowest BCUT2D eigenvalue weighted by molar-refractivity contribution is -0.152. The molecule has 0 fully saturated rings. The maximum absolute atomic E-state index is 13.2. The Bertz CT molecular complexity index is 4970. The van der Waals surface area contributed by atoms with Crippen LogP contribution in [0.15, 0.2) is 291 Å². The van der Waals surface area contributed by atoms with Crippen molar-refractivity contribution in [1.82, 2.24) is 0 Å². The van der Waals surface area contributed by atoms with E-state index in [2.05, 4.69) is 167 Å². The van der Waals surface area contributed by atoms with Gasteiger partial charge in [0.15, 0.2) is 0 Å². The third kappa shape index (κ3) is 17.2. The van der Waals surface area contributed by atoms with E-state index in [1.54, 1.807) is 60.7 Å². The van der Waals surface area contributed by atoms with Gasteiger partial charge in [-0.3, -0.25) is 26.1 Å². The second kappa shape index (κ2) is 34.9. The highest BCUT2D eigenvalue weighted by Crippen LogP contribution is 2.58. The highest BCUT2D eigenvalue weighted by molar-refractivity contribution is 5.90. The molecule has 20 heteroatoms. The van der Waals surface area contributed by atoms with Crippen molar-refractivity contribution in [3.8, 4) is 45.3 Å². The van der Waals surface area contributed by atoms with Crippen LogP contribution >= 0.6 is 0 Å². The first-order valence-electron chi connectivity index (χ1n) is 37.1. The number of hydrogen-bond donors (Lipinski definition) is 7. The number of carbonyl (C=O) groups is 5. The Morgan fingerprint density at radius 2 is 0.566 bits per heavy atom. The molecule has 113 heavy (non-hydrogen) atoms. The first kappa shape index (κ1) is 76.1. The third-order valence-electron chi connectivity index (χ3n) is 20.0. The molecule has 0 bridgehead atoms. The molecule has 0 heterocycles. The van der Waals surface area contributed by atoms with Crippen molar-refractivity contribution in [2.24, 2.45) is 5.41 Å². The summed E-state index contributed by atoms with van der Waals surface area (Å²) in [5, 5.41) is 39.8. The lowest BCUT2D eigenvalue weighted by Crippen LogP contribution is -2.40. The van der Waals surface area contributed by atoms with Crippen molar-refractivity contribution in [2.45, 2.75) is 30.6 Å². The van der Waals surface area contributed by atoms with E-state index in [1.807, 2.05) is 84.9 Å². The molecule has 0 aromatic heterocycles. The Kier molecular flexibility index (Phi) is 23.5. The standard InChI is InChI=1S/C93H82N4O16/c1-91(86(100)101,60-112-89(104)96-72-20-12-16-64(58-72)54-62-14-10-18-70(56-62)94-87(102)110-52-50-108-76-42-34-68(35-43-76)92(66-30-38-74(39-31-66)106-48-46-98)82-26-6-2-22-78(82)79-23-3-7-27-83(79)92)61-113-90(105)97-73-21-13-17-65(59-73)55-63-15-11-19-71(57-63)95-88(103)111-53-51-109-77-44-36-69(37-45-77)93(67-32-40-75(41-33-67)107-49-47-99)84-28-8-4-24-80(84)81-25-5-9-29-85(81)93/h2-45,56-59,98-99H,46-55,60-61H2,1H3,(H,94,102)(H,95,103)(H,96,104)(H,97,105)(H,100,101). The molecule has 0 radical (unpaired) electrons. The average Bonchev–Trinajstić information content (AvgIpc) is 1.55. The van der Waals surface area contributed by atoms with Crippen LogP contribution in [0.25, 0.3) is 22.3 Å². The van der Waals surface area contributed by atoms with Gasteiger partial charge in [0.1, 0.15) is 81.3 Å². The first-order chi connectivity index (χ1) is 55.2. The van der Waals surface area contributed by atoms with Gasteiger partial charge in [-0.05, 0) is 206 Å². The van der Waals surface area contributed by atoms with Crippen molar-refractivity contribution < 1.29 is 77.2 Å². The molecule has 14 rings (SSSR count). The number of hydrogen-bond acceptors (Lipinski definition) is 15. The summed E-state index contributed by atoms with van der Waals surface area (Å²) in [5.41, 5.74) is 15.4. The quantitative estimate of drug-likeness (QED) is 0.0157. The Balaban J connectivity index is 0.502. The second-order valence-corrected chi connectivity index (χ2v) is 27.6. The van der Waals surface area contributed by atoms with Gasteiger partial charge in [-0.15, -0.1) is 0 Å². The van der Waals surface area contributed by atoms with E-state index in [1.165, 1.54) is 6.92 Å². The van der Waals surface area contributed by atoms with Gasteiger partial charge >= 0.3 is 30.3 Å². The molecule has 0 saturated heterocycles. The fraction of sp³-hybridized carbons (Fsp3) is 0.172. The predicted molar refractivity (Wildman–Crippen MR) is 431 cm³/mol. The summed E-state index contributed by atoms with van der Waals surface area (Å²) in [6.45, 7) is 0.419. The van der Waals surface area contributed by atoms with Crippen LogP contribution in [-0.4, -0.2) is 112 Å². The van der Waals surface area contributed by atoms with Gasteiger partial charge in [0.05, 0.1) is 24.0 Å². The molecule has 0 aliphatic heterocycles. The molecule has 570 valence electrons. The fourth-order valence-corrected chi connectivity index (χ4v) is 14.9. The summed E-state index contributed by atoms with van der Waals surface area (Å²) in [4.78, 5) is 65.0. The van der Waals surface area contributed by atoms with Crippen LogP contribution in [0, 0.1) is 5.41 Å². The van der Waals surface area contributed by atoms with Crippen molar-refractivity contribution in [1.29, 1.82) is 0 Å². The number of nitrogens with one attached hydrogen (secondary N) is 4. The molecule has 0 saturated carbocycles. The van der Waals surface area contributed by atoms with Crippen LogP contribution in [0.3, 0.4) is 0 Å². The van der Waals surface area contributed by atoms with Gasteiger partial charge in [-0.2, -0.15) is 0 Å². The van der Waals surface area contributed by atoms with Crippen LogP contribution in [0.5, 0.6) is 23.0 Å². The Labute approximate surface area is 653 Å². The molecule has 2 aliphatic rings. The number of fused-ring (bicyclic) bond motifs is 6. The maximum Gasteiger partial charge on any atom is 0.411 e. The summed E-state index contributed by atoms with van der Waals surface area (Å²) in [7, 11) is 0. The zero-order chi connectivity index (χ0) is 78.2. The van der Waals surface area contributed by atoms with Crippen LogP contribution in [0.1, 0.15) is 73.7 Å². The lowest BCUT2D eigenvalue weighted by Gasteiger charge is -2.34. The topological polar surface area (TPSA) is 268 Å². The summed E-state index contributed by atoms with van der Waals surface area (Å²) in [6, 6.07) is 94.3. The normalized spacial score (nSPS) is 12.5. The lowest BCUT2D eigenvalue weighted by atomic mass is 9.68. The Hall–Kier alpha value is -13.7. The molecule has 0 atom stereocenters. The van der Waals surface area contributed by atoms with E-state index in [9.17, 15) is 39.3 Å². The van der Waals surface area contributed by atoms with Gasteiger partial charge < -0.3 is 53.2 Å². The Morgan fingerprint density at radius 1 is 0.310 bits per heavy atom. The maximum atomic E-state index is 13.2. The van der Waals surface area contributed by atoms with Crippen molar-refractivity contribution in [3.63, 3.8) is 0 Å². The SMILES string of the molecule is CC(COC(=O)Nc1cccc(Cc2cccc(NC(=O)OCCOc3ccc(C4(c5ccc(OCCO)cc5)c5ccccc5-c5ccccc54)cc3)c2)c1)(COC(=O)Nc1cccc(Cc2cccc(NC(=O)OCCOc3ccc(C4(c5ccc(OCCO)cc5)c5ccccc5-c5ccccc54)cc3)c2)c1)C(=O)O. The van der Waals surface area contributed by atoms with E-state index in [0.29, 0.717) is 58.6 Å². The number of anilines is 4. The van der Waals surface area contributed by atoms with E-state index in [-0.39, 0.29) is 52.9 Å². The Morgan fingerprint density at radius 3 is 0.832 bits per heavy atom. The summed E-state index contributed by atoms with van der Waals surface area (Å²) in [6.07, 6.45) is -2.36. The number of carboxylic acid groups (broad SMARTS) is 1. The fourth-order valence-electron chi connectivity index (χ4n) is 14.9. The van der Waals surface area contributed by atoms with E-state index >= 15 is 0 Å². The number of benzene rings is 12. The second-order valence-electron chi connectivity index (χ2n) is 27.6.